The Hall–Kier alpha value is -4.34. The van der Waals surface area contributed by atoms with E-state index >= 15 is 0 Å². The van der Waals surface area contributed by atoms with E-state index in [2.05, 4.69) is 0 Å². The Bertz CT molecular complexity index is 1450. The average molecular weight is 580 g/mol. The number of amides is 3. The number of benzene rings is 3. The molecule has 2 aliphatic heterocycles. The van der Waals surface area contributed by atoms with Gasteiger partial charge in [-0.2, -0.15) is 13.2 Å². The Balaban J connectivity index is 1.41. The highest BCUT2D eigenvalue weighted by Gasteiger charge is 2.50. The molecule has 7 nitrogen and oxygen atoms in total. The van der Waals surface area contributed by atoms with Gasteiger partial charge in [0, 0.05) is 13.1 Å². The van der Waals surface area contributed by atoms with Crippen molar-refractivity contribution in [2.75, 3.05) is 13.1 Å². The lowest BCUT2D eigenvalue weighted by molar-refractivity contribution is -0.172. The van der Waals surface area contributed by atoms with Gasteiger partial charge in [0.15, 0.2) is 0 Å². The van der Waals surface area contributed by atoms with E-state index in [0.29, 0.717) is 18.5 Å². The molecule has 3 aromatic rings. The zero-order valence-electron chi connectivity index (χ0n) is 23.4. The smallest absolute Gasteiger partial charge is 0.416 e. The molecule has 3 atom stereocenters. The van der Waals surface area contributed by atoms with Crippen molar-refractivity contribution >= 4 is 17.9 Å². The molecule has 2 heterocycles. The van der Waals surface area contributed by atoms with Crippen LogP contribution >= 0.6 is 0 Å². The van der Waals surface area contributed by atoms with Crippen LogP contribution in [0, 0.1) is 12.8 Å². The van der Waals surface area contributed by atoms with Crippen molar-refractivity contribution < 1.29 is 32.3 Å². The summed E-state index contributed by atoms with van der Waals surface area (Å²) in [5.41, 5.74) is 1.60. The summed E-state index contributed by atoms with van der Waals surface area (Å²) in [6.07, 6.45) is -5.71. The second-order valence-electron chi connectivity index (χ2n) is 10.9. The van der Waals surface area contributed by atoms with Gasteiger partial charge in [0.05, 0.1) is 18.0 Å². The number of rotatable bonds is 6. The molecule has 0 aromatic heterocycles. The standard InChI is InChI=1S/C32H32F3N3O4/c1-21-13-25(16-27(14-21)32(33,34)35)20-42-31(41)37-18-26(15-23-9-5-3-6-10-23)30(40)38-22(2)29(39)36(19-28(37)38)17-24-11-7-4-8-12-24/h3-14,16,22,26,28H,15,17-20H2,1-2H3/t22-,26-,28+/m0/s1. The maximum absolute atomic E-state index is 13.8. The van der Waals surface area contributed by atoms with Crippen molar-refractivity contribution in [3.63, 3.8) is 0 Å². The number of carbonyl (C=O) groups excluding carboxylic acids is 3. The molecule has 220 valence electrons. The van der Waals surface area contributed by atoms with E-state index in [1.165, 1.54) is 15.9 Å². The minimum absolute atomic E-state index is 0.0510. The lowest BCUT2D eigenvalue weighted by Crippen LogP contribution is -2.72. The Labute approximate surface area is 242 Å². The minimum Gasteiger partial charge on any atom is -0.444 e. The number of carbonyl (C=O) groups is 3. The summed E-state index contributed by atoms with van der Waals surface area (Å²) in [5, 5.41) is 0. The van der Waals surface area contributed by atoms with E-state index in [1.807, 2.05) is 60.7 Å². The molecule has 2 saturated heterocycles. The number of piperazine rings is 1. The van der Waals surface area contributed by atoms with Crippen molar-refractivity contribution in [3.05, 3.63) is 107 Å². The molecular weight excluding hydrogens is 547 g/mol. The van der Waals surface area contributed by atoms with E-state index in [4.69, 9.17) is 4.74 Å². The third kappa shape index (κ3) is 6.27. The van der Waals surface area contributed by atoms with Gasteiger partial charge in [-0.3, -0.25) is 14.5 Å². The fraction of sp³-hybridized carbons (Fsp3) is 0.344. The van der Waals surface area contributed by atoms with Crippen LogP contribution in [0.5, 0.6) is 0 Å². The van der Waals surface area contributed by atoms with Gasteiger partial charge in [-0.1, -0.05) is 72.3 Å². The van der Waals surface area contributed by atoms with Crippen LogP contribution in [0.2, 0.25) is 0 Å². The fourth-order valence-corrected chi connectivity index (χ4v) is 5.78. The Morgan fingerprint density at radius 3 is 2.17 bits per heavy atom. The molecular formula is C32H32F3N3O4. The summed E-state index contributed by atoms with van der Waals surface area (Å²) >= 11 is 0. The molecule has 0 radical (unpaired) electrons. The van der Waals surface area contributed by atoms with Gasteiger partial charge in [0.1, 0.15) is 18.8 Å². The molecule has 5 rings (SSSR count). The number of halogens is 3. The van der Waals surface area contributed by atoms with Crippen molar-refractivity contribution in [2.24, 2.45) is 5.92 Å². The number of hydrogen-bond acceptors (Lipinski definition) is 4. The van der Waals surface area contributed by atoms with Crippen LogP contribution in [0.25, 0.3) is 0 Å². The van der Waals surface area contributed by atoms with Crippen LogP contribution in [0.3, 0.4) is 0 Å². The van der Waals surface area contributed by atoms with Crippen molar-refractivity contribution in [1.82, 2.24) is 14.7 Å². The van der Waals surface area contributed by atoms with E-state index in [-0.39, 0.29) is 37.1 Å². The molecule has 3 aromatic carbocycles. The molecule has 0 spiro atoms. The Morgan fingerprint density at radius 2 is 1.52 bits per heavy atom. The highest BCUT2D eigenvalue weighted by Crippen LogP contribution is 2.32. The van der Waals surface area contributed by atoms with Crippen LogP contribution in [-0.4, -0.2) is 57.9 Å². The van der Waals surface area contributed by atoms with Crippen LogP contribution in [0.4, 0.5) is 18.0 Å². The highest BCUT2D eigenvalue weighted by atomic mass is 19.4. The zero-order chi connectivity index (χ0) is 30.0. The number of aryl methyl sites for hydroxylation is 1. The number of alkyl halides is 3. The Morgan fingerprint density at radius 1 is 0.881 bits per heavy atom. The minimum atomic E-state index is -4.53. The van der Waals surface area contributed by atoms with Gasteiger partial charge in [0.25, 0.3) is 0 Å². The topological polar surface area (TPSA) is 70.2 Å². The first kappa shape index (κ1) is 29.2. The number of fused-ring (bicyclic) bond motifs is 1. The van der Waals surface area contributed by atoms with E-state index in [0.717, 1.165) is 23.3 Å². The first-order chi connectivity index (χ1) is 20.0. The molecule has 0 unspecified atom stereocenters. The number of hydrogen-bond donors (Lipinski definition) is 0. The summed E-state index contributed by atoms with van der Waals surface area (Å²) in [5.74, 6) is -1.07. The first-order valence-corrected chi connectivity index (χ1v) is 13.8. The summed E-state index contributed by atoms with van der Waals surface area (Å²) in [6.45, 7) is 3.28. The summed E-state index contributed by atoms with van der Waals surface area (Å²) in [4.78, 5) is 45.3. The average Bonchev–Trinajstić information content (AvgIpc) is 2.96. The van der Waals surface area contributed by atoms with Gasteiger partial charge in [-0.15, -0.1) is 0 Å². The normalized spacial score (nSPS) is 20.9. The number of ether oxygens (including phenoxy) is 1. The molecule has 10 heteroatoms. The molecule has 2 aliphatic rings. The van der Waals surface area contributed by atoms with Crippen LogP contribution in [0.15, 0.2) is 78.9 Å². The first-order valence-electron chi connectivity index (χ1n) is 13.8. The zero-order valence-corrected chi connectivity index (χ0v) is 23.4. The molecule has 0 saturated carbocycles. The van der Waals surface area contributed by atoms with Gasteiger partial charge < -0.3 is 14.5 Å². The molecule has 0 aliphatic carbocycles. The monoisotopic (exact) mass is 579 g/mol. The van der Waals surface area contributed by atoms with E-state index in [9.17, 15) is 27.6 Å². The van der Waals surface area contributed by atoms with Gasteiger partial charge in [-0.05, 0) is 49.1 Å². The summed E-state index contributed by atoms with van der Waals surface area (Å²) < 4.78 is 45.6. The molecule has 3 amide bonds. The van der Waals surface area contributed by atoms with E-state index in [1.54, 1.807) is 18.7 Å². The third-order valence-electron chi connectivity index (χ3n) is 7.77. The quantitative estimate of drug-likeness (QED) is 0.392. The fourth-order valence-electron chi connectivity index (χ4n) is 5.78. The van der Waals surface area contributed by atoms with Crippen LogP contribution in [-0.2, 0) is 40.1 Å². The van der Waals surface area contributed by atoms with Crippen LogP contribution in [0.1, 0.15) is 34.7 Å². The maximum Gasteiger partial charge on any atom is 0.416 e. The summed E-state index contributed by atoms with van der Waals surface area (Å²) in [6, 6.07) is 21.5. The predicted octanol–water partition coefficient (Wildman–Crippen LogP) is 5.41. The van der Waals surface area contributed by atoms with E-state index < -0.39 is 36.0 Å². The molecule has 0 bridgehead atoms. The second-order valence-corrected chi connectivity index (χ2v) is 10.9. The second kappa shape index (κ2) is 11.9. The van der Waals surface area contributed by atoms with Crippen molar-refractivity contribution in [3.8, 4) is 0 Å². The predicted molar refractivity (Wildman–Crippen MR) is 149 cm³/mol. The number of nitrogens with zero attached hydrogens (tertiary/aromatic N) is 3. The maximum atomic E-state index is 13.8. The van der Waals surface area contributed by atoms with Crippen molar-refractivity contribution in [2.45, 2.75) is 51.8 Å². The molecule has 42 heavy (non-hydrogen) atoms. The third-order valence-corrected chi connectivity index (χ3v) is 7.77. The molecule has 0 N–H and O–H groups in total. The lowest BCUT2D eigenvalue weighted by atomic mass is 9.92. The molecule has 2 fully saturated rings. The van der Waals surface area contributed by atoms with Gasteiger partial charge in [0.2, 0.25) is 11.8 Å². The van der Waals surface area contributed by atoms with Gasteiger partial charge in [-0.25, -0.2) is 4.79 Å². The van der Waals surface area contributed by atoms with Crippen molar-refractivity contribution in [1.29, 1.82) is 0 Å². The lowest BCUT2D eigenvalue weighted by Gasteiger charge is -2.53. The summed E-state index contributed by atoms with van der Waals surface area (Å²) in [7, 11) is 0. The van der Waals surface area contributed by atoms with Gasteiger partial charge >= 0.3 is 12.3 Å². The highest BCUT2D eigenvalue weighted by molar-refractivity contribution is 5.91. The van der Waals surface area contributed by atoms with Crippen LogP contribution < -0.4 is 0 Å². The Kier molecular flexibility index (Phi) is 8.24. The SMILES string of the molecule is Cc1cc(COC(=O)N2C[C@H](Cc3ccccc3)C(=O)N3[C@@H]2CN(Cc2ccccc2)C(=O)[C@@H]3C)cc(C(F)(F)F)c1. The largest absolute Gasteiger partial charge is 0.444 e.